The van der Waals surface area contributed by atoms with Gasteiger partial charge in [-0.2, -0.15) is 0 Å². The van der Waals surface area contributed by atoms with Crippen LogP contribution in [0.1, 0.15) is 16.1 Å². The molecule has 0 amide bonds. The van der Waals surface area contributed by atoms with Crippen LogP contribution in [0.5, 0.6) is 0 Å². The summed E-state index contributed by atoms with van der Waals surface area (Å²) in [4.78, 5) is 34.7. The van der Waals surface area contributed by atoms with Crippen LogP contribution in [0, 0.1) is 6.92 Å². The van der Waals surface area contributed by atoms with Gasteiger partial charge < -0.3 is 4.98 Å². The first-order chi connectivity index (χ1) is 10.6. The zero-order chi connectivity index (χ0) is 15.5. The largest absolute Gasteiger partial charge is 0.301 e. The van der Waals surface area contributed by atoms with Crippen LogP contribution >= 0.6 is 11.8 Å². The summed E-state index contributed by atoms with van der Waals surface area (Å²) in [6, 6.07) is 10.6. The van der Waals surface area contributed by atoms with E-state index in [-0.39, 0.29) is 17.1 Å². The Kier molecular flexibility index (Phi) is 4.02. The van der Waals surface area contributed by atoms with Gasteiger partial charge in [-0.3, -0.25) is 14.6 Å². The molecule has 0 aliphatic rings. The maximum absolute atomic E-state index is 12.3. The average Bonchev–Trinajstić information content (AvgIpc) is 2.51. The summed E-state index contributed by atoms with van der Waals surface area (Å²) in [5, 5.41) is 1.39. The molecule has 0 spiro atoms. The van der Waals surface area contributed by atoms with E-state index in [0.717, 1.165) is 10.9 Å². The number of rotatable bonds is 4. The summed E-state index contributed by atoms with van der Waals surface area (Å²) < 4.78 is 0. The SMILES string of the molecule is Cc1cc(=O)[nH]c(SCC(=O)c2ccc3ncccc3c2)n1. The van der Waals surface area contributed by atoms with Gasteiger partial charge in [-0.1, -0.05) is 17.8 Å². The lowest BCUT2D eigenvalue weighted by Crippen LogP contribution is -2.10. The Balaban J connectivity index is 1.76. The zero-order valence-corrected chi connectivity index (χ0v) is 12.7. The molecular formula is C16H13N3O2S. The van der Waals surface area contributed by atoms with Gasteiger partial charge >= 0.3 is 0 Å². The number of aromatic amines is 1. The van der Waals surface area contributed by atoms with Gasteiger partial charge in [-0.25, -0.2) is 4.98 Å². The third kappa shape index (κ3) is 3.23. The Labute approximate surface area is 130 Å². The lowest BCUT2D eigenvalue weighted by atomic mass is 10.1. The van der Waals surface area contributed by atoms with Gasteiger partial charge in [0, 0.05) is 28.9 Å². The van der Waals surface area contributed by atoms with Crippen molar-refractivity contribution in [3.8, 4) is 0 Å². The molecule has 0 unspecified atom stereocenters. The van der Waals surface area contributed by atoms with Gasteiger partial charge in [0.1, 0.15) is 0 Å². The van der Waals surface area contributed by atoms with E-state index in [9.17, 15) is 9.59 Å². The molecule has 0 fully saturated rings. The van der Waals surface area contributed by atoms with Crippen molar-refractivity contribution in [3.05, 3.63) is 64.2 Å². The number of benzene rings is 1. The van der Waals surface area contributed by atoms with Crippen LogP contribution in [-0.4, -0.2) is 26.5 Å². The highest BCUT2D eigenvalue weighted by Gasteiger charge is 2.09. The Morgan fingerprint density at radius 3 is 2.95 bits per heavy atom. The summed E-state index contributed by atoms with van der Waals surface area (Å²) in [6.07, 6.45) is 1.72. The van der Waals surface area contributed by atoms with Crippen molar-refractivity contribution in [3.63, 3.8) is 0 Å². The summed E-state index contributed by atoms with van der Waals surface area (Å²) in [7, 11) is 0. The number of hydrogen-bond acceptors (Lipinski definition) is 5. The molecule has 3 rings (SSSR count). The lowest BCUT2D eigenvalue weighted by Gasteiger charge is -2.03. The molecule has 0 radical (unpaired) electrons. The quantitative estimate of drug-likeness (QED) is 0.455. The van der Waals surface area contributed by atoms with Crippen molar-refractivity contribution in [2.45, 2.75) is 12.1 Å². The third-order valence-corrected chi connectivity index (χ3v) is 3.99. The topological polar surface area (TPSA) is 75.7 Å². The predicted molar refractivity (Wildman–Crippen MR) is 86.4 cm³/mol. The fraction of sp³-hybridized carbons (Fsp3) is 0.125. The molecule has 5 nitrogen and oxygen atoms in total. The second-order valence-corrected chi connectivity index (χ2v) is 5.78. The van der Waals surface area contributed by atoms with E-state index in [2.05, 4.69) is 15.0 Å². The minimum Gasteiger partial charge on any atom is -0.301 e. The van der Waals surface area contributed by atoms with Gasteiger partial charge in [-0.15, -0.1) is 0 Å². The summed E-state index contributed by atoms with van der Waals surface area (Å²) in [5.74, 6) is 0.206. The van der Waals surface area contributed by atoms with E-state index in [1.807, 2.05) is 24.3 Å². The van der Waals surface area contributed by atoms with Crippen molar-refractivity contribution in [1.29, 1.82) is 0 Å². The number of hydrogen-bond donors (Lipinski definition) is 1. The van der Waals surface area contributed by atoms with Crippen LogP contribution in [0.4, 0.5) is 0 Å². The van der Waals surface area contributed by atoms with Crippen LogP contribution in [0.25, 0.3) is 10.9 Å². The Hall–Kier alpha value is -2.47. The zero-order valence-electron chi connectivity index (χ0n) is 11.9. The van der Waals surface area contributed by atoms with Crippen LogP contribution in [0.15, 0.2) is 52.5 Å². The number of ketones is 1. The molecule has 110 valence electrons. The van der Waals surface area contributed by atoms with E-state index in [1.165, 1.54) is 17.8 Å². The fourth-order valence-electron chi connectivity index (χ4n) is 2.09. The average molecular weight is 311 g/mol. The van der Waals surface area contributed by atoms with E-state index in [1.54, 1.807) is 19.2 Å². The van der Waals surface area contributed by atoms with Crippen LogP contribution in [0.3, 0.4) is 0 Å². The number of aromatic nitrogens is 3. The molecule has 3 aromatic rings. The van der Waals surface area contributed by atoms with E-state index >= 15 is 0 Å². The molecule has 6 heteroatoms. The number of Topliss-reactive ketones (excluding diaryl/α,β-unsaturated/α-hetero) is 1. The first-order valence-corrected chi connectivity index (χ1v) is 7.69. The van der Waals surface area contributed by atoms with Crippen LogP contribution < -0.4 is 5.56 Å². The monoisotopic (exact) mass is 311 g/mol. The minimum atomic E-state index is -0.209. The number of nitrogens with one attached hydrogen (secondary N) is 1. The van der Waals surface area contributed by atoms with Crippen molar-refractivity contribution < 1.29 is 4.79 Å². The number of carbonyl (C=O) groups excluding carboxylic acids is 1. The first-order valence-electron chi connectivity index (χ1n) is 6.70. The van der Waals surface area contributed by atoms with Crippen LogP contribution in [-0.2, 0) is 0 Å². The molecular weight excluding hydrogens is 298 g/mol. The van der Waals surface area contributed by atoms with Gasteiger partial charge in [0.05, 0.1) is 11.3 Å². The Bertz CT molecular complexity index is 905. The number of H-pyrrole nitrogens is 1. The second kappa shape index (κ2) is 6.11. The molecule has 0 aliphatic heterocycles. The molecule has 1 aromatic carbocycles. The van der Waals surface area contributed by atoms with E-state index in [4.69, 9.17) is 0 Å². The molecule has 2 heterocycles. The number of carbonyl (C=O) groups is 1. The molecule has 0 bridgehead atoms. The second-order valence-electron chi connectivity index (χ2n) is 4.81. The lowest BCUT2D eigenvalue weighted by molar-refractivity contribution is 0.102. The number of thioether (sulfide) groups is 1. The summed E-state index contributed by atoms with van der Waals surface area (Å²) in [5.41, 5.74) is 1.91. The highest BCUT2D eigenvalue weighted by atomic mass is 32.2. The predicted octanol–water partition coefficient (Wildman–Crippen LogP) is 2.60. The van der Waals surface area contributed by atoms with Gasteiger partial charge in [0.2, 0.25) is 0 Å². The van der Waals surface area contributed by atoms with Crippen molar-refractivity contribution in [1.82, 2.24) is 15.0 Å². The highest BCUT2D eigenvalue weighted by Crippen LogP contribution is 2.17. The maximum Gasteiger partial charge on any atom is 0.251 e. The normalized spacial score (nSPS) is 10.8. The van der Waals surface area contributed by atoms with E-state index < -0.39 is 0 Å². The molecule has 0 aliphatic carbocycles. The van der Waals surface area contributed by atoms with Crippen molar-refractivity contribution in [2.24, 2.45) is 0 Å². The smallest absolute Gasteiger partial charge is 0.251 e. The van der Waals surface area contributed by atoms with Gasteiger partial charge in [0.25, 0.3) is 5.56 Å². The molecule has 1 N–H and O–H groups in total. The molecule has 0 atom stereocenters. The minimum absolute atomic E-state index is 0.0140. The molecule has 22 heavy (non-hydrogen) atoms. The standard InChI is InChI=1S/C16H13N3O2S/c1-10-7-15(21)19-16(18-10)22-9-14(20)12-4-5-13-11(8-12)3-2-6-17-13/h2-8H,9H2,1H3,(H,18,19,21). The first kappa shape index (κ1) is 14.5. The van der Waals surface area contributed by atoms with Crippen LogP contribution in [0.2, 0.25) is 0 Å². The Morgan fingerprint density at radius 2 is 2.14 bits per heavy atom. The Morgan fingerprint density at radius 1 is 1.27 bits per heavy atom. The molecule has 0 saturated carbocycles. The highest BCUT2D eigenvalue weighted by molar-refractivity contribution is 7.99. The van der Waals surface area contributed by atoms with Crippen molar-refractivity contribution >= 4 is 28.4 Å². The summed E-state index contributed by atoms with van der Waals surface area (Å²) in [6.45, 7) is 1.75. The fourth-order valence-corrected chi connectivity index (χ4v) is 2.90. The summed E-state index contributed by atoms with van der Waals surface area (Å²) >= 11 is 1.23. The van der Waals surface area contributed by atoms with E-state index in [0.29, 0.717) is 16.4 Å². The number of nitrogens with zero attached hydrogens (tertiary/aromatic N) is 2. The maximum atomic E-state index is 12.3. The van der Waals surface area contributed by atoms with Crippen molar-refractivity contribution in [2.75, 3.05) is 5.75 Å². The number of aryl methyl sites for hydroxylation is 1. The molecule has 0 saturated heterocycles. The number of pyridine rings is 1. The van der Waals surface area contributed by atoms with Gasteiger partial charge in [-0.05, 0) is 31.2 Å². The number of fused-ring (bicyclic) bond motifs is 1. The third-order valence-electron chi connectivity index (χ3n) is 3.11. The van der Waals surface area contributed by atoms with Gasteiger partial charge in [0.15, 0.2) is 10.9 Å². The molecule has 2 aromatic heterocycles.